The number of nitrogens with zero attached hydrogens (tertiary/aromatic N) is 4. The summed E-state index contributed by atoms with van der Waals surface area (Å²) in [6.07, 6.45) is 5.94. The number of imidazole rings is 1. The summed E-state index contributed by atoms with van der Waals surface area (Å²) in [6, 6.07) is 7.69. The maximum Gasteiger partial charge on any atom is 0.211 e. The molecule has 6 nitrogen and oxygen atoms in total. The van der Waals surface area contributed by atoms with Gasteiger partial charge in [0.15, 0.2) is 5.65 Å². The van der Waals surface area contributed by atoms with Crippen molar-refractivity contribution in [2.24, 2.45) is 0 Å². The van der Waals surface area contributed by atoms with E-state index in [0.29, 0.717) is 18.6 Å². The van der Waals surface area contributed by atoms with Crippen molar-refractivity contribution < 1.29 is 4.79 Å². The molecule has 1 N–H and O–H groups in total. The van der Waals surface area contributed by atoms with Gasteiger partial charge in [0.05, 0.1) is 6.33 Å². The van der Waals surface area contributed by atoms with Gasteiger partial charge in [-0.15, -0.1) is 11.8 Å². The predicted octanol–water partition coefficient (Wildman–Crippen LogP) is 2.16. The van der Waals surface area contributed by atoms with Crippen molar-refractivity contribution in [3.8, 4) is 0 Å². The van der Waals surface area contributed by atoms with Crippen molar-refractivity contribution in [3.63, 3.8) is 0 Å². The van der Waals surface area contributed by atoms with Crippen molar-refractivity contribution in [1.29, 1.82) is 0 Å². The summed E-state index contributed by atoms with van der Waals surface area (Å²) >= 11 is 1.57. The van der Waals surface area contributed by atoms with Crippen LogP contribution in [0.1, 0.15) is 5.56 Å². The molecule has 3 rings (SSSR count). The summed E-state index contributed by atoms with van der Waals surface area (Å²) in [5.41, 5.74) is 3.46. The fourth-order valence-corrected chi connectivity index (χ4v) is 2.73. The molecule has 0 aliphatic heterocycles. The van der Waals surface area contributed by atoms with E-state index in [1.165, 1.54) is 6.33 Å². The van der Waals surface area contributed by atoms with Crippen molar-refractivity contribution >= 4 is 35.0 Å². The molecule has 2 heterocycles. The van der Waals surface area contributed by atoms with E-state index in [2.05, 4.69) is 20.3 Å². The number of fused-ring (bicyclic) bond motifs is 1. The Morgan fingerprint density at radius 2 is 2.24 bits per heavy atom. The normalized spacial score (nSPS) is 10.7. The molecule has 0 saturated carbocycles. The Labute approximate surface area is 125 Å². The molecule has 0 bridgehead atoms. The van der Waals surface area contributed by atoms with E-state index >= 15 is 0 Å². The fourth-order valence-electron chi connectivity index (χ4n) is 2.18. The molecule has 21 heavy (non-hydrogen) atoms. The summed E-state index contributed by atoms with van der Waals surface area (Å²) < 4.78 is 2.02. The summed E-state index contributed by atoms with van der Waals surface area (Å²) in [6.45, 7) is 0.645. The molecule has 0 radical (unpaired) electrons. The lowest BCUT2D eigenvalue weighted by Gasteiger charge is -2.07. The summed E-state index contributed by atoms with van der Waals surface area (Å²) in [4.78, 5) is 23.3. The van der Waals surface area contributed by atoms with Crippen LogP contribution in [-0.4, -0.2) is 32.2 Å². The molecule has 2 aromatic heterocycles. The number of rotatable bonds is 5. The molecule has 3 aromatic rings. The Morgan fingerprint density at radius 3 is 3.05 bits per heavy atom. The number of nitrogens with one attached hydrogen (secondary N) is 1. The Bertz CT molecular complexity index is 786. The van der Waals surface area contributed by atoms with E-state index in [-0.39, 0.29) is 0 Å². The monoisotopic (exact) mass is 299 g/mol. The average Bonchev–Trinajstić information content (AvgIpc) is 2.91. The van der Waals surface area contributed by atoms with Crippen LogP contribution in [0.4, 0.5) is 5.69 Å². The molecule has 0 unspecified atom stereocenters. The SMILES string of the molecule is CSc1ncnc2ncn(Cc3cccc(NC=O)c3)c12. The van der Waals surface area contributed by atoms with Crippen LogP contribution in [0.3, 0.4) is 0 Å². The quantitative estimate of drug-likeness (QED) is 0.444. The van der Waals surface area contributed by atoms with Crippen LogP contribution in [0.25, 0.3) is 11.2 Å². The van der Waals surface area contributed by atoms with E-state index < -0.39 is 0 Å². The first-order valence-electron chi connectivity index (χ1n) is 6.31. The third-order valence-electron chi connectivity index (χ3n) is 3.07. The molecule has 0 atom stereocenters. The molecule has 1 aromatic carbocycles. The van der Waals surface area contributed by atoms with Crippen LogP contribution in [0.15, 0.2) is 41.9 Å². The smallest absolute Gasteiger partial charge is 0.211 e. The van der Waals surface area contributed by atoms with Crippen LogP contribution in [0.2, 0.25) is 0 Å². The van der Waals surface area contributed by atoms with Gasteiger partial charge in [-0.2, -0.15) is 0 Å². The third kappa shape index (κ3) is 2.73. The minimum absolute atomic E-state index is 0.645. The highest BCUT2D eigenvalue weighted by Gasteiger charge is 2.10. The number of hydrogen-bond acceptors (Lipinski definition) is 5. The number of aromatic nitrogens is 4. The zero-order chi connectivity index (χ0) is 14.7. The van der Waals surface area contributed by atoms with Crippen molar-refractivity contribution in [2.45, 2.75) is 11.6 Å². The number of carbonyl (C=O) groups excluding carboxylic acids is 1. The van der Waals surface area contributed by atoms with Crippen molar-refractivity contribution in [2.75, 3.05) is 11.6 Å². The van der Waals surface area contributed by atoms with Crippen LogP contribution >= 0.6 is 11.8 Å². The molecule has 0 spiro atoms. The van der Waals surface area contributed by atoms with Crippen LogP contribution in [0.5, 0.6) is 0 Å². The minimum Gasteiger partial charge on any atom is -0.329 e. The van der Waals surface area contributed by atoms with E-state index in [9.17, 15) is 4.79 Å². The lowest BCUT2D eigenvalue weighted by molar-refractivity contribution is -0.105. The van der Waals surface area contributed by atoms with Gasteiger partial charge < -0.3 is 9.88 Å². The van der Waals surface area contributed by atoms with Gasteiger partial charge in [0.1, 0.15) is 16.9 Å². The first-order valence-corrected chi connectivity index (χ1v) is 7.53. The molecule has 0 saturated heterocycles. The van der Waals surface area contributed by atoms with E-state index in [1.807, 2.05) is 35.1 Å². The van der Waals surface area contributed by atoms with Gasteiger partial charge in [0.25, 0.3) is 0 Å². The second-order valence-electron chi connectivity index (χ2n) is 4.39. The zero-order valence-corrected chi connectivity index (χ0v) is 12.2. The molecule has 7 heteroatoms. The van der Waals surface area contributed by atoms with Gasteiger partial charge in [0, 0.05) is 12.2 Å². The summed E-state index contributed by atoms with van der Waals surface area (Å²) in [7, 11) is 0. The van der Waals surface area contributed by atoms with E-state index in [4.69, 9.17) is 0 Å². The van der Waals surface area contributed by atoms with Gasteiger partial charge >= 0.3 is 0 Å². The highest BCUT2D eigenvalue weighted by atomic mass is 32.2. The molecule has 1 amide bonds. The molecule has 106 valence electrons. The molecule has 0 aliphatic carbocycles. The first-order chi connectivity index (χ1) is 10.3. The topological polar surface area (TPSA) is 72.7 Å². The number of hydrogen-bond donors (Lipinski definition) is 1. The maximum absolute atomic E-state index is 10.5. The van der Waals surface area contributed by atoms with Gasteiger partial charge in [-0.1, -0.05) is 12.1 Å². The lowest BCUT2D eigenvalue weighted by Crippen LogP contribution is -2.01. The van der Waals surface area contributed by atoms with E-state index in [1.54, 1.807) is 18.1 Å². The van der Waals surface area contributed by atoms with Gasteiger partial charge in [-0.05, 0) is 24.0 Å². The number of carbonyl (C=O) groups is 1. The number of benzene rings is 1. The lowest BCUT2D eigenvalue weighted by atomic mass is 10.2. The van der Waals surface area contributed by atoms with Crippen LogP contribution < -0.4 is 5.32 Å². The largest absolute Gasteiger partial charge is 0.329 e. The molecule has 0 fully saturated rings. The van der Waals surface area contributed by atoms with E-state index in [0.717, 1.165) is 21.8 Å². The number of thioether (sulfide) groups is 1. The fraction of sp³-hybridized carbons (Fsp3) is 0.143. The minimum atomic E-state index is 0.645. The summed E-state index contributed by atoms with van der Waals surface area (Å²) in [5, 5.41) is 3.56. The number of amides is 1. The first kappa shape index (κ1) is 13.6. The van der Waals surface area contributed by atoms with Gasteiger partial charge in [-0.25, -0.2) is 15.0 Å². The van der Waals surface area contributed by atoms with Crippen LogP contribution in [0, 0.1) is 0 Å². The third-order valence-corrected chi connectivity index (χ3v) is 3.76. The average molecular weight is 299 g/mol. The predicted molar refractivity (Wildman–Crippen MR) is 82.3 cm³/mol. The highest BCUT2D eigenvalue weighted by molar-refractivity contribution is 7.98. The number of anilines is 1. The van der Waals surface area contributed by atoms with Crippen molar-refractivity contribution in [3.05, 3.63) is 42.5 Å². The second-order valence-corrected chi connectivity index (χ2v) is 5.19. The Balaban J connectivity index is 1.98. The molecular formula is C14H13N5OS. The van der Waals surface area contributed by atoms with Gasteiger partial charge in [0.2, 0.25) is 6.41 Å². The Kier molecular flexibility index (Phi) is 3.83. The standard InChI is InChI=1S/C14H13N5OS/c1-21-14-12-13(15-7-16-14)17-8-19(12)6-10-3-2-4-11(5-10)18-9-20/h2-5,7-9H,6H2,1H3,(H,18,20). The second kappa shape index (κ2) is 5.92. The Hall–Kier alpha value is -2.41. The highest BCUT2D eigenvalue weighted by Crippen LogP contribution is 2.23. The molecule has 0 aliphatic rings. The maximum atomic E-state index is 10.5. The zero-order valence-electron chi connectivity index (χ0n) is 11.4. The van der Waals surface area contributed by atoms with Gasteiger partial charge in [-0.3, -0.25) is 4.79 Å². The summed E-state index contributed by atoms with van der Waals surface area (Å²) in [5.74, 6) is 0. The van der Waals surface area contributed by atoms with Crippen molar-refractivity contribution in [1.82, 2.24) is 19.5 Å². The molecular weight excluding hydrogens is 286 g/mol. The Morgan fingerprint density at radius 1 is 1.33 bits per heavy atom. The van der Waals surface area contributed by atoms with Crippen LogP contribution in [-0.2, 0) is 11.3 Å².